The molecule has 1 aliphatic heterocycles. The molecule has 1 fully saturated rings. The van der Waals surface area contributed by atoms with Gasteiger partial charge in [0.15, 0.2) is 4.77 Å². The predicted octanol–water partition coefficient (Wildman–Crippen LogP) is -0.231. The van der Waals surface area contributed by atoms with E-state index >= 15 is 0 Å². The summed E-state index contributed by atoms with van der Waals surface area (Å²) in [6, 6.07) is 0.436. The molecule has 3 N–H and O–H groups in total. The lowest BCUT2D eigenvalue weighted by Gasteiger charge is -2.37. The molecule has 7 heteroatoms. The van der Waals surface area contributed by atoms with Crippen molar-refractivity contribution in [1.82, 2.24) is 24.6 Å². The first-order chi connectivity index (χ1) is 7.58. The van der Waals surface area contributed by atoms with Crippen LogP contribution in [0, 0.1) is 4.77 Å². The molecule has 90 valence electrons. The molecule has 1 saturated heterocycles. The largest absolute Gasteiger partial charge is 0.368 e. The van der Waals surface area contributed by atoms with Crippen molar-refractivity contribution in [3.63, 3.8) is 0 Å². The smallest absolute Gasteiger partial charge is 0.220 e. The molecule has 0 saturated carbocycles. The van der Waals surface area contributed by atoms with Crippen molar-refractivity contribution in [2.45, 2.75) is 12.6 Å². The molecule has 1 aromatic rings. The van der Waals surface area contributed by atoms with E-state index in [0.29, 0.717) is 16.8 Å². The van der Waals surface area contributed by atoms with E-state index in [1.807, 2.05) is 4.57 Å². The van der Waals surface area contributed by atoms with Crippen molar-refractivity contribution in [1.29, 1.82) is 0 Å². The van der Waals surface area contributed by atoms with Crippen molar-refractivity contribution in [3.8, 4) is 0 Å². The molecule has 2 heterocycles. The number of nitrogens with one attached hydrogen (secondary N) is 1. The summed E-state index contributed by atoms with van der Waals surface area (Å²) in [6.07, 6.45) is 0. The highest BCUT2D eigenvalue weighted by Gasteiger charge is 2.23. The number of rotatable bonds is 2. The topological polar surface area (TPSA) is 66.1 Å². The third-order valence-corrected chi connectivity index (χ3v) is 3.47. The van der Waals surface area contributed by atoms with Crippen molar-refractivity contribution in [2.24, 2.45) is 0 Å². The minimum absolute atomic E-state index is 0.436. The van der Waals surface area contributed by atoms with E-state index in [1.165, 1.54) is 0 Å². The molecule has 1 aliphatic rings. The van der Waals surface area contributed by atoms with Crippen LogP contribution in [-0.4, -0.2) is 64.3 Å². The lowest BCUT2D eigenvalue weighted by atomic mass is 10.2. The van der Waals surface area contributed by atoms with Crippen LogP contribution in [0.4, 0.5) is 5.95 Å². The number of aromatic amines is 1. The molecule has 1 unspecified atom stereocenters. The lowest BCUT2D eigenvalue weighted by molar-refractivity contribution is 0.103. The van der Waals surface area contributed by atoms with Crippen LogP contribution in [0.2, 0.25) is 0 Å². The Hall–Kier alpha value is -0.920. The average Bonchev–Trinajstić information content (AvgIpc) is 2.55. The summed E-state index contributed by atoms with van der Waals surface area (Å²) < 4.78 is 2.45. The van der Waals surface area contributed by atoms with Crippen LogP contribution < -0.4 is 5.73 Å². The Morgan fingerprint density at radius 3 is 2.88 bits per heavy atom. The van der Waals surface area contributed by atoms with Gasteiger partial charge in [-0.25, -0.2) is 5.10 Å². The number of nitrogen functional groups attached to an aromatic ring is 1. The fourth-order valence-electron chi connectivity index (χ4n) is 2.02. The number of likely N-dealkylation sites (N-methyl/N-ethyl adjacent to an activating group) is 2. The van der Waals surface area contributed by atoms with Crippen LogP contribution in [0.3, 0.4) is 0 Å². The highest BCUT2D eigenvalue weighted by Crippen LogP contribution is 2.10. The van der Waals surface area contributed by atoms with E-state index in [2.05, 4.69) is 34.1 Å². The summed E-state index contributed by atoms with van der Waals surface area (Å²) in [4.78, 5) is 4.67. The molecule has 6 nitrogen and oxygen atoms in total. The number of hydrogen-bond acceptors (Lipinski definition) is 5. The van der Waals surface area contributed by atoms with E-state index in [-0.39, 0.29) is 0 Å². The molecular weight excluding hydrogens is 224 g/mol. The fourth-order valence-corrected chi connectivity index (χ4v) is 2.23. The van der Waals surface area contributed by atoms with Gasteiger partial charge in [0.2, 0.25) is 5.95 Å². The first kappa shape index (κ1) is 11.6. The van der Waals surface area contributed by atoms with Gasteiger partial charge in [-0.3, -0.25) is 9.47 Å². The molecule has 1 aromatic heterocycles. The van der Waals surface area contributed by atoms with Gasteiger partial charge in [0, 0.05) is 32.2 Å². The van der Waals surface area contributed by atoms with Gasteiger partial charge in [-0.05, 0) is 26.3 Å². The van der Waals surface area contributed by atoms with Gasteiger partial charge in [0.25, 0.3) is 0 Å². The van der Waals surface area contributed by atoms with E-state index in [0.717, 1.165) is 26.2 Å². The van der Waals surface area contributed by atoms with Gasteiger partial charge in [0.05, 0.1) is 0 Å². The number of nitrogens with two attached hydrogens (primary N) is 1. The molecule has 0 aromatic carbocycles. The SMILES string of the molecule is CN1CCN(C)C(Cn2c(N)n[nH]c2=S)C1. The summed E-state index contributed by atoms with van der Waals surface area (Å²) in [5.41, 5.74) is 5.76. The standard InChI is InChI=1S/C9H18N6S/c1-13-3-4-14(2)7(5-13)6-15-8(10)11-12-9(15)16/h7H,3-6H2,1-2H3,(H2,10,11)(H,12,16). The predicted molar refractivity (Wildman–Crippen MR) is 65.7 cm³/mol. The highest BCUT2D eigenvalue weighted by atomic mass is 32.1. The summed E-state index contributed by atoms with van der Waals surface area (Å²) in [7, 11) is 4.27. The molecular formula is C9H18N6S. The summed E-state index contributed by atoms with van der Waals surface area (Å²) in [5, 5.41) is 6.63. The van der Waals surface area contributed by atoms with Crippen molar-refractivity contribution < 1.29 is 0 Å². The van der Waals surface area contributed by atoms with Gasteiger partial charge in [0.1, 0.15) is 0 Å². The van der Waals surface area contributed by atoms with Crippen molar-refractivity contribution in [3.05, 3.63) is 4.77 Å². The summed E-state index contributed by atoms with van der Waals surface area (Å²) in [6.45, 7) is 4.01. The maximum absolute atomic E-state index is 5.76. The second-order valence-corrected chi connectivity index (χ2v) is 4.78. The van der Waals surface area contributed by atoms with Gasteiger partial charge in [-0.15, -0.1) is 5.10 Å². The Kier molecular flexibility index (Phi) is 3.27. The maximum Gasteiger partial charge on any atom is 0.220 e. The normalized spacial score (nSPS) is 23.8. The molecule has 0 amide bonds. The summed E-state index contributed by atoms with van der Waals surface area (Å²) >= 11 is 5.14. The number of anilines is 1. The monoisotopic (exact) mass is 242 g/mol. The Labute approximate surface area is 100 Å². The third-order valence-electron chi connectivity index (χ3n) is 3.16. The Morgan fingerprint density at radius 2 is 2.25 bits per heavy atom. The van der Waals surface area contributed by atoms with Crippen LogP contribution in [-0.2, 0) is 6.54 Å². The number of nitrogens with zero attached hydrogens (tertiary/aromatic N) is 4. The van der Waals surface area contributed by atoms with E-state index in [4.69, 9.17) is 18.0 Å². The third kappa shape index (κ3) is 2.26. The zero-order valence-corrected chi connectivity index (χ0v) is 10.5. The Morgan fingerprint density at radius 1 is 1.50 bits per heavy atom. The Balaban J connectivity index is 2.11. The molecule has 0 aliphatic carbocycles. The zero-order valence-electron chi connectivity index (χ0n) is 9.68. The molecule has 16 heavy (non-hydrogen) atoms. The van der Waals surface area contributed by atoms with E-state index in [9.17, 15) is 0 Å². The minimum Gasteiger partial charge on any atom is -0.368 e. The van der Waals surface area contributed by atoms with Gasteiger partial charge < -0.3 is 10.6 Å². The van der Waals surface area contributed by atoms with Gasteiger partial charge in [-0.2, -0.15) is 0 Å². The van der Waals surface area contributed by atoms with Crippen molar-refractivity contribution >= 4 is 18.2 Å². The zero-order chi connectivity index (χ0) is 11.7. The second kappa shape index (κ2) is 4.52. The van der Waals surface area contributed by atoms with E-state index < -0.39 is 0 Å². The summed E-state index contributed by atoms with van der Waals surface area (Å²) in [5.74, 6) is 0.464. The van der Waals surface area contributed by atoms with Crippen LogP contribution in [0.15, 0.2) is 0 Å². The van der Waals surface area contributed by atoms with Gasteiger partial charge in [-0.1, -0.05) is 0 Å². The molecule has 1 atom stereocenters. The molecule has 0 radical (unpaired) electrons. The number of piperazine rings is 1. The van der Waals surface area contributed by atoms with Crippen LogP contribution in [0.1, 0.15) is 0 Å². The number of hydrogen-bond donors (Lipinski definition) is 2. The molecule has 0 spiro atoms. The lowest BCUT2D eigenvalue weighted by Crippen LogP contribution is -2.51. The second-order valence-electron chi connectivity index (χ2n) is 4.39. The molecule has 0 bridgehead atoms. The first-order valence-corrected chi connectivity index (χ1v) is 5.78. The minimum atomic E-state index is 0.436. The Bertz CT molecular complexity index is 410. The van der Waals surface area contributed by atoms with Crippen LogP contribution in [0.5, 0.6) is 0 Å². The quantitative estimate of drug-likeness (QED) is 0.701. The van der Waals surface area contributed by atoms with Crippen LogP contribution in [0.25, 0.3) is 0 Å². The van der Waals surface area contributed by atoms with Crippen molar-refractivity contribution in [2.75, 3.05) is 39.5 Å². The molecule has 2 rings (SSSR count). The average molecular weight is 242 g/mol. The number of aromatic nitrogens is 3. The number of H-pyrrole nitrogens is 1. The fraction of sp³-hybridized carbons (Fsp3) is 0.778. The first-order valence-electron chi connectivity index (χ1n) is 5.37. The maximum atomic E-state index is 5.76. The van der Waals surface area contributed by atoms with Gasteiger partial charge >= 0.3 is 0 Å². The highest BCUT2D eigenvalue weighted by molar-refractivity contribution is 7.71. The van der Waals surface area contributed by atoms with E-state index in [1.54, 1.807) is 0 Å². The van der Waals surface area contributed by atoms with Crippen LogP contribution >= 0.6 is 12.2 Å².